The van der Waals surface area contributed by atoms with E-state index in [0.29, 0.717) is 6.54 Å². The maximum atomic E-state index is 8.88. The van der Waals surface area contributed by atoms with Gasteiger partial charge in [0.1, 0.15) is 6.61 Å². The van der Waals surface area contributed by atoms with Gasteiger partial charge in [-0.25, -0.2) is 4.98 Å². The number of aromatic nitrogens is 3. The average molecular weight is 365 g/mol. The highest BCUT2D eigenvalue weighted by Gasteiger charge is 2.15. The van der Waals surface area contributed by atoms with Crippen molar-refractivity contribution in [1.29, 1.82) is 0 Å². The Morgan fingerprint density at radius 3 is 2.32 bits per heavy atom. The normalized spacial score (nSPS) is 10.3. The molecule has 4 aromatic rings. The van der Waals surface area contributed by atoms with E-state index in [0.717, 1.165) is 33.8 Å². The van der Waals surface area contributed by atoms with Crippen molar-refractivity contribution in [2.24, 2.45) is 0 Å². The van der Waals surface area contributed by atoms with Crippen LogP contribution in [0.3, 0.4) is 0 Å². The molecule has 0 saturated carbocycles. The van der Waals surface area contributed by atoms with E-state index < -0.39 is 0 Å². The molecular formula is C24H19N3O. The molecule has 4 nitrogen and oxygen atoms in total. The number of nitrogens with zero attached hydrogens (tertiary/aromatic N) is 3. The van der Waals surface area contributed by atoms with Crippen molar-refractivity contribution in [3.05, 3.63) is 96.6 Å². The monoisotopic (exact) mass is 365 g/mol. The lowest BCUT2D eigenvalue weighted by atomic mass is 10.0. The van der Waals surface area contributed by atoms with Gasteiger partial charge in [-0.3, -0.25) is 4.98 Å². The molecule has 28 heavy (non-hydrogen) atoms. The van der Waals surface area contributed by atoms with Gasteiger partial charge in [0.25, 0.3) is 0 Å². The van der Waals surface area contributed by atoms with Gasteiger partial charge in [0.15, 0.2) is 0 Å². The van der Waals surface area contributed by atoms with Gasteiger partial charge in [-0.05, 0) is 24.3 Å². The van der Waals surface area contributed by atoms with E-state index in [1.807, 2.05) is 67.0 Å². The first-order valence-corrected chi connectivity index (χ1v) is 9.06. The molecule has 0 aliphatic carbocycles. The molecule has 1 N–H and O–H groups in total. The zero-order valence-electron chi connectivity index (χ0n) is 15.3. The Morgan fingerprint density at radius 1 is 0.821 bits per heavy atom. The maximum Gasteiger partial charge on any atom is 0.104 e. The van der Waals surface area contributed by atoms with Crippen molar-refractivity contribution in [2.75, 3.05) is 6.61 Å². The van der Waals surface area contributed by atoms with Gasteiger partial charge in [-0.2, -0.15) is 0 Å². The highest BCUT2D eigenvalue weighted by molar-refractivity contribution is 5.78. The Kier molecular flexibility index (Phi) is 5.28. The Labute approximate surface area is 164 Å². The number of aliphatic hydroxyl groups is 1. The van der Waals surface area contributed by atoms with E-state index in [-0.39, 0.29) is 6.61 Å². The quantitative estimate of drug-likeness (QED) is 0.556. The number of imidazole rings is 1. The smallest absolute Gasteiger partial charge is 0.104 e. The molecule has 0 unspecified atom stereocenters. The molecule has 136 valence electrons. The summed E-state index contributed by atoms with van der Waals surface area (Å²) in [7, 11) is 0. The van der Waals surface area contributed by atoms with Crippen LogP contribution in [0.5, 0.6) is 0 Å². The van der Waals surface area contributed by atoms with Gasteiger partial charge in [0.2, 0.25) is 0 Å². The van der Waals surface area contributed by atoms with Crippen LogP contribution >= 0.6 is 0 Å². The number of hydrogen-bond acceptors (Lipinski definition) is 3. The first kappa shape index (κ1) is 17.7. The van der Waals surface area contributed by atoms with Crippen LogP contribution in [0.4, 0.5) is 0 Å². The molecule has 0 aliphatic heterocycles. The Bertz CT molecular complexity index is 1110. The van der Waals surface area contributed by atoms with Crippen LogP contribution in [0.2, 0.25) is 0 Å². The number of benzene rings is 2. The molecule has 4 rings (SSSR count). The molecule has 0 saturated heterocycles. The summed E-state index contributed by atoms with van der Waals surface area (Å²) in [4.78, 5) is 9.15. The molecule has 2 heterocycles. The van der Waals surface area contributed by atoms with Crippen LogP contribution in [0, 0.1) is 11.8 Å². The lowest BCUT2D eigenvalue weighted by molar-refractivity contribution is 0.350. The van der Waals surface area contributed by atoms with Gasteiger partial charge in [0, 0.05) is 22.9 Å². The van der Waals surface area contributed by atoms with E-state index in [1.54, 1.807) is 6.20 Å². The summed E-state index contributed by atoms with van der Waals surface area (Å²) in [5, 5.41) is 8.88. The predicted molar refractivity (Wildman–Crippen MR) is 110 cm³/mol. The largest absolute Gasteiger partial charge is 0.384 e. The number of pyridine rings is 1. The molecule has 2 aromatic carbocycles. The van der Waals surface area contributed by atoms with Crippen LogP contribution < -0.4 is 0 Å². The number of rotatable bonds is 4. The maximum absolute atomic E-state index is 8.88. The highest BCUT2D eigenvalue weighted by Crippen LogP contribution is 2.31. The first-order chi connectivity index (χ1) is 13.8. The molecule has 0 radical (unpaired) electrons. The molecule has 0 atom stereocenters. The van der Waals surface area contributed by atoms with Crippen LogP contribution in [0.25, 0.3) is 22.5 Å². The summed E-state index contributed by atoms with van der Waals surface area (Å²) < 4.78 is 2.12. The SMILES string of the molecule is OCC#Cc1ccc(-c2c(-c3ccccc3)ncn2Cc2ccccn2)cc1. The molecule has 0 bridgehead atoms. The third kappa shape index (κ3) is 3.85. The van der Waals surface area contributed by atoms with Gasteiger partial charge in [-0.1, -0.05) is 60.4 Å². The lowest BCUT2D eigenvalue weighted by Gasteiger charge is -2.11. The van der Waals surface area contributed by atoms with Gasteiger partial charge in [0.05, 0.1) is 30.0 Å². The van der Waals surface area contributed by atoms with E-state index in [9.17, 15) is 0 Å². The topological polar surface area (TPSA) is 50.9 Å². The minimum Gasteiger partial charge on any atom is -0.384 e. The number of aliphatic hydroxyl groups excluding tert-OH is 1. The molecule has 4 heteroatoms. The lowest BCUT2D eigenvalue weighted by Crippen LogP contribution is -2.02. The van der Waals surface area contributed by atoms with Crippen molar-refractivity contribution < 1.29 is 5.11 Å². The molecule has 0 amide bonds. The summed E-state index contributed by atoms with van der Waals surface area (Å²) >= 11 is 0. The Balaban J connectivity index is 1.79. The fourth-order valence-electron chi connectivity index (χ4n) is 3.13. The van der Waals surface area contributed by atoms with E-state index in [1.165, 1.54) is 0 Å². The second-order valence-corrected chi connectivity index (χ2v) is 6.29. The minimum absolute atomic E-state index is 0.142. The third-order valence-electron chi connectivity index (χ3n) is 4.41. The summed E-state index contributed by atoms with van der Waals surface area (Å²) in [5.74, 6) is 5.61. The fourth-order valence-corrected chi connectivity index (χ4v) is 3.13. The fraction of sp³-hybridized carbons (Fsp3) is 0.0833. The Morgan fingerprint density at radius 2 is 1.61 bits per heavy atom. The summed E-state index contributed by atoms with van der Waals surface area (Å²) in [6, 6.07) is 24.1. The molecule has 0 aliphatic rings. The number of hydrogen-bond donors (Lipinski definition) is 1. The van der Waals surface area contributed by atoms with E-state index in [2.05, 4.69) is 33.5 Å². The zero-order valence-corrected chi connectivity index (χ0v) is 15.3. The van der Waals surface area contributed by atoms with Crippen molar-refractivity contribution >= 4 is 0 Å². The zero-order chi connectivity index (χ0) is 19.2. The van der Waals surface area contributed by atoms with Crippen molar-refractivity contribution in [1.82, 2.24) is 14.5 Å². The predicted octanol–water partition coefficient (Wildman–Crippen LogP) is 4.00. The molecular weight excluding hydrogens is 346 g/mol. The van der Waals surface area contributed by atoms with E-state index >= 15 is 0 Å². The van der Waals surface area contributed by atoms with Crippen LogP contribution in [0.15, 0.2) is 85.3 Å². The average Bonchev–Trinajstić information content (AvgIpc) is 3.17. The van der Waals surface area contributed by atoms with Crippen molar-refractivity contribution in [3.63, 3.8) is 0 Å². The standard InChI is InChI=1S/C24H19N3O/c28-16-6-7-19-11-13-21(14-12-19)24-23(20-8-2-1-3-9-20)26-18-27(24)17-22-10-4-5-15-25-22/h1-5,8-15,18,28H,16-17H2. The molecule has 0 spiro atoms. The second-order valence-electron chi connectivity index (χ2n) is 6.29. The summed E-state index contributed by atoms with van der Waals surface area (Å²) in [6.45, 7) is 0.499. The minimum atomic E-state index is -0.142. The Hall–Kier alpha value is -3.68. The highest BCUT2D eigenvalue weighted by atomic mass is 16.2. The second kappa shape index (κ2) is 8.34. The van der Waals surface area contributed by atoms with Crippen molar-refractivity contribution in [3.8, 4) is 34.4 Å². The van der Waals surface area contributed by atoms with Gasteiger partial charge < -0.3 is 9.67 Å². The third-order valence-corrected chi connectivity index (χ3v) is 4.41. The molecule has 2 aromatic heterocycles. The van der Waals surface area contributed by atoms with Crippen LogP contribution in [-0.4, -0.2) is 26.2 Å². The first-order valence-electron chi connectivity index (χ1n) is 9.06. The summed E-state index contributed by atoms with van der Waals surface area (Å²) in [6.07, 6.45) is 3.67. The van der Waals surface area contributed by atoms with Crippen LogP contribution in [0.1, 0.15) is 11.3 Å². The van der Waals surface area contributed by atoms with Crippen LogP contribution in [-0.2, 0) is 6.54 Å². The summed E-state index contributed by atoms with van der Waals surface area (Å²) in [5.41, 5.74) is 5.95. The van der Waals surface area contributed by atoms with Crippen molar-refractivity contribution in [2.45, 2.75) is 6.54 Å². The molecule has 0 fully saturated rings. The van der Waals surface area contributed by atoms with E-state index in [4.69, 9.17) is 10.1 Å². The van der Waals surface area contributed by atoms with Gasteiger partial charge in [-0.15, -0.1) is 0 Å². The van der Waals surface area contributed by atoms with Gasteiger partial charge >= 0.3 is 0 Å².